The lowest BCUT2D eigenvalue weighted by Crippen LogP contribution is -2.26. The SMILES string of the molecule is CCOC(=O)c1c(N[C@H]2CC[C@@H](c3ccccc3)CC2)ccnc1C. The first kappa shape index (κ1) is 17.5. The van der Waals surface area contributed by atoms with Gasteiger partial charge < -0.3 is 10.1 Å². The van der Waals surface area contributed by atoms with E-state index in [1.807, 2.05) is 19.9 Å². The number of rotatable bonds is 5. The second-order valence-corrected chi connectivity index (χ2v) is 6.64. The van der Waals surface area contributed by atoms with E-state index in [-0.39, 0.29) is 5.97 Å². The molecule has 0 radical (unpaired) electrons. The van der Waals surface area contributed by atoms with E-state index >= 15 is 0 Å². The lowest BCUT2D eigenvalue weighted by Gasteiger charge is -2.30. The number of aryl methyl sites for hydroxylation is 1. The van der Waals surface area contributed by atoms with E-state index in [0.717, 1.165) is 18.5 Å². The molecule has 1 aromatic carbocycles. The predicted octanol–water partition coefficient (Wildman–Crippen LogP) is 4.71. The smallest absolute Gasteiger partial charge is 0.342 e. The van der Waals surface area contributed by atoms with Gasteiger partial charge in [0, 0.05) is 12.2 Å². The van der Waals surface area contributed by atoms with Crippen LogP contribution in [-0.4, -0.2) is 23.6 Å². The fraction of sp³-hybridized carbons (Fsp3) is 0.429. The molecule has 1 aliphatic rings. The quantitative estimate of drug-likeness (QED) is 0.803. The maximum absolute atomic E-state index is 12.3. The maximum Gasteiger partial charge on any atom is 0.342 e. The van der Waals surface area contributed by atoms with E-state index in [2.05, 4.69) is 40.6 Å². The lowest BCUT2D eigenvalue weighted by atomic mass is 9.81. The summed E-state index contributed by atoms with van der Waals surface area (Å²) >= 11 is 0. The number of carbonyl (C=O) groups excluding carboxylic acids is 1. The Bertz CT molecular complexity index is 707. The zero-order valence-electron chi connectivity index (χ0n) is 15.0. The molecule has 25 heavy (non-hydrogen) atoms. The molecule has 0 atom stereocenters. The van der Waals surface area contributed by atoms with Crippen molar-refractivity contribution in [1.82, 2.24) is 4.98 Å². The molecule has 4 nitrogen and oxygen atoms in total. The Morgan fingerprint density at radius 3 is 2.56 bits per heavy atom. The number of ether oxygens (including phenoxy) is 1. The van der Waals surface area contributed by atoms with E-state index in [1.165, 1.54) is 18.4 Å². The van der Waals surface area contributed by atoms with Gasteiger partial charge in [-0.1, -0.05) is 30.3 Å². The van der Waals surface area contributed by atoms with Gasteiger partial charge in [-0.05, 0) is 57.1 Å². The van der Waals surface area contributed by atoms with Crippen molar-refractivity contribution in [1.29, 1.82) is 0 Å². The largest absolute Gasteiger partial charge is 0.462 e. The van der Waals surface area contributed by atoms with Crippen molar-refractivity contribution < 1.29 is 9.53 Å². The van der Waals surface area contributed by atoms with Crippen molar-refractivity contribution in [2.24, 2.45) is 0 Å². The summed E-state index contributed by atoms with van der Waals surface area (Å²) in [6, 6.07) is 13.0. The lowest BCUT2D eigenvalue weighted by molar-refractivity contribution is 0.0526. The average Bonchev–Trinajstić information content (AvgIpc) is 2.63. The number of benzene rings is 1. The summed E-state index contributed by atoms with van der Waals surface area (Å²) in [6.45, 7) is 4.04. The van der Waals surface area contributed by atoms with Gasteiger partial charge in [0.15, 0.2) is 0 Å². The molecule has 0 amide bonds. The van der Waals surface area contributed by atoms with Gasteiger partial charge in [0.1, 0.15) is 5.56 Å². The monoisotopic (exact) mass is 338 g/mol. The molecule has 2 aromatic rings. The first-order valence-corrected chi connectivity index (χ1v) is 9.13. The Morgan fingerprint density at radius 1 is 1.16 bits per heavy atom. The van der Waals surface area contributed by atoms with Crippen molar-refractivity contribution in [3.63, 3.8) is 0 Å². The molecule has 1 aliphatic carbocycles. The third-order valence-electron chi connectivity index (χ3n) is 4.98. The van der Waals surface area contributed by atoms with Gasteiger partial charge in [-0.3, -0.25) is 4.98 Å². The van der Waals surface area contributed by atoms with Crippen LogP contribution in [0, 0.1) is 6.92 Å². The number of carbonyl (C=O) groups is 1. The number of aromatic nitrogens is 1. The Kier molecular flexibility index (Phi) is 5.69. The molecular weight excluding hydrogens is 312 g/mol. The van der Waals surface area contributed by atoms with E-state index < -0.39 is 0 Å². The van der Waals surface area contributed by atoms with Gasteiger partial charge in [0.25, 0.3) is 0 Å². The minimum Gasteiger partial charge on any atom is -0.462 e. The van der Waals surface area contributed by atoms with Crippen LogP contribution < -0.4 is 5.32 Å². The predicted molar refractivity (Wildman–Crippen MR) is 100.0 cm³/mol. The highest BCUT2D eigenvalue weighted by Crippen LogP contribution is 2.34. The highest BCUT2D eigenvalue weighted by Gasteiger charge is 2.24. The summed E-state index contributed by atoms with van der Waals surface area (Å²) in [6.07, 6.45) is 6.28. The molecule has 0 spiro atoms. The van der Waals surface area contributed by atoms with Crippen LogP contribution in [0.3, 0.4) is 0 Å². The first-order chi connectivity index (χ1) is 12.2. The summed E-state index contributed by atoms with van der Waals surface area (Å²) in [4.78, 5) is 16.5. The maximum atomic E-state index is 12.3. The molecule has 3 rings (SSSR count). The Balaban J connectivity index is 1.66. The van der Waals surface area contributed by atoms with Crippen molar-refractivity contribution in [2.45, 2.75) is 51.5 Å². The van der Waals surface area contributed by atoms with Crippen LogP contribution in [0.5, 0.6) is 0 Å². The fourth-order valence-corrected chi connectivity index (χ4v) is 3.66. The first-order valence-electron chi connectivity index (χ1n) is 9.13. The molecule has 0 bridgehead atoms. The highest BCUT2D eigenvalue weighted by molar-refractivity contribution is 5.96. The van der Waals surface area contributed by atoms with Gasteiger partial charge in [-0.15, -0.1) is 0 Å². The van der Waals surface area contributed by atoms with Crippen molar-refractivity contribution in [3.8, 4) is 0 Å². The molecule has 0 saturated heterocycles. The minimum atomic E-state index is -0.298. The highest BCUT2D eigenvalue weighted by atomic mass is 16.5. The zero-order chi connectivity index (χ0) is 17.6. The Hall–Kier alpha value is -2.36. The molecule has 1 saturated carbocycles. The standard InChI is InChI=1S/C21H26N2O2/c1-3-25-21(24)20-15(2)22-14-13-19(20)23-18-11-9-17(10-12-18)16-7-5-4-6-8-16/h4-8,13-14,17-18H,3,9-12H2,1-2H3,(H,22,23)/t17-,18+. The number of nitrogens with one attached hydrogen (secondary N) is 1. The summed E-state index contributed by atoms with van der Waals surface area (Å²) in [5.41, 5.74) is 3.55. The zero-order valence-corrected chi connectivity index (χ0v) is 15.0. The fourth-order valence-electron chi connectivity index (χ4n) is 3.66. The summed E-state index contributed by atoms with van der Waals surface area (Å²) in [5.74, 6) is 0.344. The third kappa shape index (κ3) is 4.19. The van der Waals surface area contributed by atoms with E-state index in [9.17, 15) is 4.79 Å². The second kappa shape index (κ2) is 8.15. The number of pyridine rings is 1. The topological polar surface area (TPSA) is 51.2 Å². The van der Waals surface area contributed by atoms with Crippen LogP contribution in [-0.2, 0) is 4.74 Å². The molecule has 0 aliphatic heterocycles. The van der Waals surface area contributed by atoms with Crippen LogP contribution in [0.15, 0.2) is 42.6 Å². The Morgan fingerprint density at radius 2 is 1.88 bits per heavy atom. The van der Waals surface area contributed by atoms with Crippen molar-refractivity contribution in [3.05, 3.63) is 59.4 Å². The second-order valence-electron chi connectivity index (χ2n) is 6.64. The minimum absolute atomic E-state index is 0.298. The molecule has 1 fully saturated rings. The summed E-state index contributed by atoms with van der Waals surface area (Å²) < 4.78 is 5.19. The molecule has 1 aromatic heterocycles. The van der Waals surface area contributed by atoms with Gasteiger partial charge in [0.2, 0.25) is 0 Å². The van der Waals surface area contributed by atoms with E-state index in [1.54, 1.807) is 6.20 Å². The molecule has 0 unspecified atom stereocenters. The van der Waals surface area contributed by atoms with Crippen LogP contribution >= 0.6 is 0 Å². The summed E-state index contributed by atoms with van der Waals surface area (Å²) in [7, 11) is 0. The van der Waals surface area contributed by atoms with Gasteiger partial charge in [0.05, 0.1) is 18.0 Å². The van der Waals surface area contributed by atoms with Crippen molar-refractivity contribution in [2.75, 3.05) is 11.9 Å². The van der Waals surface area contributed by atoms with Gasteiger partial charge >= 0.3 is 5.97 Å². The molecule has 1 heterocycles. The van der Waals surface area contributed by atoms with Crippen LogP contribution in [0.2, 0.25) is 0 Å². The number of nitrogens with zero attached hydrogens (tertiary/aromatic N) is 1. The number of anilines is 1. The normalized spacial score (nSPS) is 20.1. The average molecular weight is 338 g/mol. The molecule has 132 valence electrons. The molecule has 4 heteroatoms. The van der Waals surface area contributed by atoms with Crippen molar-refractivity contribution >= 4 is 11.7 Å². The number of hydrogen-bond donors (Lipinski definition) is 1. The molecular formula is C21H26N2O2. The Labute approximate surface area is 149 Å². The van der Waals surface area contributed by atoms with Crippen LogP contribution in [0.1, 0.15) is 60.1 Å². The van der Waals surface area contributed by atoms with Gasteiger partial charge in [-0.25, -0.2) is 4.79 Å². The van der Waals surface area contributed by atoms with E-state index in [4.69, 9.17) is 4.74 Å². The molecule has 1 N–H and O–H groups in total. The van der Waals surface area contributed by atoms with Crippen LogP contribution in [0.25, 0.3) is 0 Å². The number of hydrogen-bond acceptors (Lipinski definition) is 4. The number of esters is 1. The summed E-state index contributed by atoms with van der Waals surface area (Å²) in [5, 5.41) is 3.56. The van der Waals surface area contributed by atoms with Crippen LogP contribution in [0.4, 0.5) is 5.69 Å². The third-order valence-corrected chi connectivity index (χ3v) is 4.98. The van der Waals surface area contributed by atoms with E-state index in [0.29, 0.717) is 29.8 Å². The van der Waals surface area contributed by atoms with Gasteiger partial charge in [-0.2, -0.15) is 0 Å².